The number of carbonyl (C=O) groups is 3. The van der Waals surface area contributed by atoms with Crippen LogP contribution in [0.4, 0.5) is 0 Å². The van der Waals surface area contributed by atoms with Crippen LogP contribution < -0.4 is 5.32 Å². The van der Waals surface area contributed by atoms with Gasteiger partial charge in [-0.2, -0.15) is 0 Å². The van der Waals surface area contributed by atoms with Crippen molar-refractivity contribution >= 4 is 35.3 Å². The van der Waals surface area contributed by atoms with Gasteiger partial charge < -0.3 is 4.90 Å². The molecule has 5 nitrogen and oxygen atoms in total. The van der Waals surface area contributed by atoms with Gasteiger partial charge in [-0.25, -0.2) is 0 Å². The summed E-state index contributed by atoms with van der Waals surface area (Å²) in [6.07, 6.45) is 3.77. The highest BCUT2D eigenvalue weighted by Gasteiger charge is 2.61. The monoisotopic (exact) mass is 378 g/mol. The van der Waals surface area contributed by atoms with Crippen LogP contribution in [0, 0.1) is 11.8 Å². The first-order valence-electron chi connectivity index (χ1n) is 8.75. The van der Waals surface area contributed by atoms with Crippen molar-refractivity contribution in [1.29, 1.82) is 0 Å². The lowest BCUT2D eigenvalue weighted by Crippen LogP contribution is -2.42. The average Bonchev–Trinajstić information content (AvgIpc) is 3.17. The predicted molar refractivity (Wildman–Crippen MR) is 99.8 cm³/mol. The van der Waals surface area contributed by atoms with Crippen LogP contribution in [0.15, 0.2) is 54.7 Å². The van der Waals surface area contributed by atoms with Crippen LogP contribution >= 0.6 is 11.6 Å². The number of ketones is 1. The number of nitrogens with zero attached hydrogens (tertiary/aromatic N) is 1. The van der Waals surface area contributed by atoms with Crippen LogP contribution in [0.5, 0.6) is 0 Å². The van der Waals surface area contributed by atoms with E-state index in [1.165, 1.54) is 0 Å². The molecule has 0 bridgehead atoms. The second kappa shape index (κ2) is 5.79. The average molecular weight is 379 g/mol. The minimum atomic E-state index is -0.725. The zero-order valence-electron chi connectivity index (χ0n) is 14.1. The molecule has 2 saturated heterocycles. The number of fused-ring (bicyclic) bond motifs is 5. The maximum atomic E-state index is 13.3. The van der Waals surface area contributed by atoms with Gasteiger partial charge in [-0.05, 0) is 41.5 Å². The molecule has 0 spiro atoms. The Balaban J connectivity index is 1.64. The maximum absolute atomic E-state index is 13.3. The highest BCUT2D eigenvalue weighted by atomic mass is 35.5. The summed E-state index contributed by atoms with van der Waals surface area (Å²) in [5, 5.41) is 2.96. The van der Waals surface area contributed by atoms with Crippen LogP contribution in [-0.2, 0) is 9.59 Å². The number of nitrogens with one attached hydrogen (secondary N) is 1. The summed E-state index contributed by atoms with van der Waals surface area (Å²) in [7, 11) is 0. The second-order valence-electron chi connectivity index (χ2n) is 7.06. The first-order valence-corrected chi connectivity index (χ1v) is 9.13. The molecule has 5 rings (SSSR count). The fraction of sp³-hybridized carbons (Fsp3) is 0.190. The number of hydrogen-bond acceptors (Lipinski definition) is 4. The van der Waals surface area contributed by atoms with Gasteiger partial charge in [-0.3, -0.25) is 19.7 Å². The van der Waals surface area contributed by atoms with E-state index in [9.17, 15) is 14.4 Å². The van der Waals surface area contributed by atoms with Crippen LogP contribution in [0.2, 0.25) is 5.02 Å². The standard InChI is InChI=1S/C21H15ClN2O3/c22-13-7-5-12(6-8-13)19(25)18-16-15(20(26)23-21(16)27)17-14-4-2-1-3-11(14)9-10-24(17)18/h1-10,15-18H,(H,23,26,27)/t15-,16+,17-,18-/m0/s1. The molecule has 0 aromatic heterocycles. The largest absolute Gasteiger partial charge is 0.358 e. The molecule has 0 radical (unpaired) electrons. The van der Waals surface area contributed by atoms with Crippen LogP contribution in [0.25, 0.3) is 6.08 Å². The Morgan fingerprint density at radius 1 is 0.963 bits per heavy atom. The van der Waals surface area contributed by atoms with Gasteiger partial charge in [0.1, 0.15) is 6.04 Å². The number of Topliss-reactive ketones (excluding diaryl/α,β-unsaturated/α-hetero) is 1. The van der Waals surface area contributed by atoms with Gasteiger partial charge in [0.15, 0.2) is 5.78 Å². The molecule has 0 aliphatic carbocycles. The number of carbonyl (C=O) groups excluding carboxylic acids is 3. The molecule has 2 fully saturated rings. The fourth-order valence-corrected chi connectivity index (χ4v) is 4.69. The van der Waals surface area contributed by atoms with E-state index in [0.717, 1.165) is 11.1 Å². The van der Waals surface area contributed by atoms with Crippen LogP contribution in [0.3, 0.4) is 0 Å². The van der Waals surface area contributed by atoms with Gasteiger partial charge in [-0.15, -0.1) is 0 Å². The third-order valence-corrected chi connectivity index (χ3v) is 5.95. The number of rotatable bonds is 2. The van der Waals surface area contributed by atoms with E-state index in [2.05, 4.69) is 5.32 Å². The number of imide groups is 1. The molecule has 1 N–H and O–H groups in total. The summed E-state index contributed by atoms with van der Waals surface area (Å²) in [4.78, 5) is 40.3. The Morgan fingerprint density at radius 3 is 2.44 bits per heavy atom. The minimum Gasteiger partial charge on any atom is -0.358 e. The van der Waals surface area contributed by atoms with Crippen molar-refractivity contribution < 1.29 is 14.4 Å². The molecule has 4 atom stereocenters. The summed E-state index contributed by atoms with van der Waals surface area (Å²) in [6.45, 7) is 0. The van der Waals surface area contributed by atoms with Crippen molar-refractivity contribution in [2.75, 3.05) is 0 Å². The molecule has 3 aliphatic heterocycles. The zero-order valence-corrected chi connectivity index (χ0v) is 14.9. The third-order valence-electron chi connectivity index (χ3n) is 5.70. The Labute approximate surface area is 160 Å². The fourth-order valence-electron chi connectivity index (χ4n) is 4.56. The molecule has 27 heavy (non-hydrogen) atoms. The molecular weight excluding hydrogens is 364 g/mol. The molecule has 0 unspecified atom stereocenters. The molecule has 2 aromatic carbocycles. The number of hydrogen-bond donors (Lipinski definition) is 1. The highest BCUT2D eigenvalue weighted by Crippen LogP contribution is 2.51. The van der Waals surface area contributed by atoms with Crippen molar-refractivity contribution in [1.82, 2.24) is 10.2 Å². The van der Waals surface area contributed by atoms with E-state index in [1.54, 1.807) is 24.3 Å². The summed E-state index contributed by atoms with van der Waals surface area (Å²) in [5.41, 5.74) is 2.44. The first-order chi connectivity index (χ1) is 13.1. The molecule has 2 aromatic rings. The normalized spacial score (nSPS) is 27.8. The SMILES string of the molecule is O=C1NC(=O)[C@H]2[C@@H]1[C@@H](C(=O)c1ccc(Cl)cc1)N1C=Cc3ccccc3[C@@H]21. The predicted octanol–water partition coefficient (Wildman–Crippen LogP) is 2.82. The van der Waals surface area contributed by atoms with Crippen molar-refractivity contribution in [3.05, 3.63) is 76.4 Å². The molecule has 6 heteroatoms. The Kier molecular flexibility index (Phi) is 3.49. The quantitative estimate of drug-likeness (QED) is 0.644. The van der Waals surface area contributed by atoms with Gasteiger partial charge in [0.05, 0.1) is 17.9 Å². The lowest BCUT2D eigenvalue weighted by Gasteiger charge is -2.34. The van der Waals surface area contributed by atoms with Gasteiger partial charge in [0, 0.05) is 16.8 Å². The molecule has 134 valence electrons. The van der Waals surface area contributed by atoms with Crippen LogP contribution in [-0.4, -0.2) is 28.5 Å². The van der Waals surface area contributed by atoms with E-state index >= 15 is 0 Å². The van der Waals surface area contributed by atoms with Gasteiger partial charge in [0.2, 0.25) is 11.8 Å². The Hall–Kier alpha value is -2.92. The molecular formula is C21H15ClN2O3. The lowest BCUT2D eigenvalue weighted by molar-refractivity contribution is -0.127. The Morgan fingerprint density at radius 2 is 1.67 bits per heavy atom. The van der Waals surface area contributed by atoms with E-state index < -0.39 is 17.9 Å². The minimum absolute atomic E-state index is 0.182. The highest BCUT2D eigenvalue weighted by molar-refractivity contribution is 6.30. The lowest BCUT2D eigenvalue weighted by atomic mass is 9.83. The van der Waals surface area contributed by atoms with Crippen molar-refractivity contribution in [3.8, 4) is 0 Å². The summed E-state index contributed by atoms with van der Waals surface area (Å²) in [6, 6.07) is 13.3. The van der Waals surface area contributed by atoms with Gasteiger partial charge in [-0.1, -0.05) is 35.9 Å². The van der Waals surface area contributed by atoms with Crippen LogP contribution in [0.1, 0.15) is 27.5 Å². The molecule has 0 saturated carbocycles. The third kappa shape index (κ3) is 2.28. The first kappa shape index (κ1) is 16.3. The van der Waals surface area contributed by atoms with Gasteiger partial charge >= 0.3 is 0 Å². The van der Waals surface area contributed by atoms with Crippen molar-refractivity contribution in [2.45, 2.75) is 12.1 Å². The number of amides is 2. The molecule has 3 heterocycles. The smallest absolute Gasteiger partial charge is 0.233 e. The topological polar surface area (TPSA) is 66.5 Å². The number of halogens is 1. The summed E-state index contributed by atoms with van der Waals surface area (Å²) >= 11 is 5.93. The van der Waals surface area contributed by atoms with E-state index in [0.29, 0.717) is 10.6 Å². The number of benzene rings is 2. The summed E-state index contributed by atoms with van der Waals surface area (Å²) in [5.74, 6) is -2.15. The molecule has 2 amide bonds. The van der Waals surface area contributed by atoms with Gasteiger partial charge in [0.25, 0.3) is 0 Å². The van der Waals surface area contributed by atoms with E-state index in [-0.39, 0.29) is 23.6 Å². The Bertz CT molecular complexity index is 1010. The summed E-state index contributed by atoms with van der Waals surface area (Å²) < 4.78 is 0. The van der Waals surface area contributed by atoms with Crippen molar-refractivity contribution in [3.63, 3.8) is 0 Å². The maximum Gasteiger partial charge on any atom is 0.233 e. The molecule has 3 aliphatic rings. The van der Waals surface area contributed by atoms with E-state index in [4.69, 9.17) is 11.6 Å². The van der Waals surface area contributed by atoms with Crippen molar-refractivity contribution in [2.24, 2.45) is 11.8 Å². The second-order valence-corrected chi connectivity index (χ2v) is 7.49. The van der Waals surface area contributed by atoms with E-state index in [1.807, 2.05) is 41.4 Å². The zero-order chi connectivity index (χ0) is 18.7.